The van der Waals surface area contributed by atoms with Crippen LogP contribution in [0, 0.1) is 0 Å². The molecule has 1 N–H and O–H groups in total. The highest BCUT2D eigenvalue weighted by Crippen LogP contribution is 2.27. The first-order valence-corrected chi connectivity index (χ1v) is 13.8. The minimum Gasteiger partial charge on any atom is -0.378 e. The van der Waals surface area contributed by atoms with E-state index < -0.39 is 10.0 Å². The van der Waals surface area contributed by atoms with Crippen LogP contribution in [0.1, 0.15) is 5.56 Å². The maximum atomic E-state index is 12.9. The zero-order valence-electron chi connectivity index (χ0n) is 17.6. The quantitative estimate of drug-likeness (QED) is 0.501. The van der Waals surface area contributed by atoms with Crippen molar-refractivity contribution in [3.8, 4) is 11.1 Å². The van der Waals surface area contributed by atoms with E-state index in [2.05, 4.69) is 4.72 Å². The van der Waals surface area contributed by atoms with Gasteiger partial charge in [-0.25, -0.2) is 8.42 Å². The van der Waals surface area contributed by atoms with Crippen molar-refractivity contribution in [2.45, 2.75) is 16.2 Å². The van der Waals surface area contributed by atoms with Gasteiger partial charge in [-0.3, -0.25) is 9.52 Å². The third-order valence-corrected chi connectivity index (χ3v) is 8.20. The molecule has 2 aromatic carbocycles. The van der Waals surface area contributed by atoms with Gasteiger partial charge in [0.1, 0.15) is 0 Å². The van der Waals surface area contributed by atoms with Crippen molar-refractivity contribution < 1.29 is 17.9 Å². The third kappa shape index (κ3) is 5.35. The molecule has 1 aliphatic rings. The third-order valence-electron chi connectivity index (χ3n) is 5.28. The molecule has 0 saturated carbocycles. The van der Waals surface area contributed by atoms with Crippen LogP contribution in [0.4, 0.5) is 5.69 Å². The van der Waals surface area contributed by atoms with Gasteiger partial charge in [0, 0.05) is 23.4 Å². The molecule has 0 unspecified atom stereocenters. The molecule has 0 atom stereocenters. The number of carbonyl (C=O) groups excluding carboxylic acids is 1. The summed E-state index contributed by atoms with van der Waals surface area (Å²) in [5, 5.41) is 3.54. The Morgan fingerprint density at radius 1 is 1.03 bits per heavy atom. The van der Waals surface area contributed by atoms with E-state index in [1.165, 1.54) is 16.2 Å². The second-order valence-electron chi connectivity index (χ2n) is 7.34. The fourth-order valence-electron chi connectivity index (χ4n) is 3.45. The van der Waals surface area contributed by atoms with E-state index >= 15 is 0 Å². The Balaban J connectivity index is 1.46. The van der Waals surface area contributed by atoms with Crippen LogP contribution < -0.4 is 4.72 Å². The molecule has 1 fully saturated rings. The largest absolute Gasteiger partial charge is 0.378 e. The number of carbonyl (C=O) groups is 1. The van der Waals surface area contributed by atoms with Gasteiger partial charge in [0.15, 0.2) is 0 Å². The Hall–Kier alpha value is -2.33. The number of hydrogen-bond donors (Lipinski definition) is 1. The van der Waals surface area contributed by atoms with E-state index in [1.807, 2.05) is 35.9 Å². The van der Waals surface area contributed by atoms with Crippen LogP contribution in [-0.2, 0) is 26.0 Å². The van der Waals surface area contributed by atoms with Gasteiger partial charge in [-0.15, -0.1) is 23.1 Å². The van der Waals surface area contributed by atoms with Crippen LogP contribution in [0.3, 0.4) is 0 Å². The summed E-state index contributed by atoms with van der Waals surface area (Å²) in [4.78, 5) is 15.7. The van der Waals surface area contributed by atoms with E-state index in [4.69, 9.17) is 4.74 Å². The summed E-state index contributed by atoms with van der Waals surface area (Å²) < 4.78 is 33.8. The van der Waals surface area contributed by atoms with Crippen LogP contribution >= 0.6 is 23.1 Å². The number of anilines is 1. The Morgan fingerprint density at radius 2 is 1.66 bits per heavy atom. The molecular weight excluding hydrogens is 464 g/mol. The maximum absolute atomic E-state index is 12.9. The van der Waals surface area contributed by atoms with Gasteiger partial charge in [0.2, 0.25) is 5.91 Å². The predicted molar refractivity (Wildman–Crippen MR) is 130 cm³/mol. The molecular formula is C23H24N2O4S3. The summed E-state index contributed by atoms with van der Waals surface area (Å²) in [6.07, 6.45) is 2.19. The number of morpholine rings is 1. The second kappa shape index (κ2) is 10.1. The molecule has 2 heterocycles. The van der Waals surface area contributed by atoms with Gasteiger partial charge in [0.05, 0.1) is 30.2 Å². The summed E-state index contributed by atoms with van der Waals surface area (Å²) in [6, 6.07) is 15.0. The summed E-state index contributed by atoms with van der Waals surface area (Å²) in [6.45, 7) is 2.20. The molecule has 168 valence electrons. The van der Waals surface area contributed by atoms with E-state index in [-0.39, 0.29) is 17.2 Å². The van der Waals surface area contributed by atoms with E-state index in [1.54, 1.807) is 46.3 Å². The lowest BCUT2D eigenvalue weighted by molar-refractivity contribution is -0.134. The zero-order valence-corrected chi connectivity index (χ0v) is 20.1. The first-order chi connectivity index (χ1) is 15.5. The Labute approximate surface area is 196 Å². The minimum absolute atomic E-state index is 0.0241. The molecule has 9 heteroatoms. The van der Waals surface area contributed by atoms with Crippen molar-refractivity contribution in [1.82, 2.24) is 4.90 Å². The van der Waals surface area contributed by atoms with Gasteiger partial charge >= 0.3 is 0 Å². The van der Waals surface area contributed by atoms with Crippen molar-refractivity contribution in [3.05, 3.63) is 64.9 Å². The van der Waals surface area contributed by atoms with Gasteiger partial charge in [-0.2, -0.15) is 0 Å². The molecule has 0 aliphatic carbocycles. The Bertz CT molecular complexity index is 1170. The smallest absolute Gasteiger partial charge is 0.261 e. The van der Waals surface area contributed by atoms with Crippen LogP contribution in [0.15, 0.2) is 69.1 Å². The van der Waals surface area contributed by atoms with Crippen LogP contribution in [0.2, 0.25) is 0 Å². The average molecular weight is 489 g/mol. The molecule has 1 aromatic heterocycles. The Morgan fingerprint density at radius 3 is 2.28 bits per heavy atom. The zero-order chi connectivity index (χ0) is 22.6. The minimum atomic E-state index is -3.77. The second-order valence-corrected chi connectivity index (χ2v) is 10.6. The average Bonchev–Trinajstić information content (AvgIpc) is 3.25. The van der Waals surface area contributed by atoms with E-state index in [0.29, 0.717) is 37.6 Å². The lowest BCUT2D eigenvalue weighted by atomic mass is 10.1. The van der Waals surface area contributed by atoms with Gasteiger partial charge in [-0.1, -0.05) is 24.3 Å². The molecule has 0 bridgehead atoms. The molecule has 1 amide bonds. The summed E-state index contributed by atoms with van der Waals surface area (Å²) in [5.74, 6) is -0.0241. The summed E-state index contributed by atoms with van der Waals surface area (Å²) >= 11 is 3.05. The van der Waals surface area contributed by atoms with Gasteiger partial charge in [-0.05, 0) is 52.6 Å². The fourth-order valence-corrected chi connectivity index (χ4v) is 5.81. The number of ether oxygens (including phenoxy) is 1. The maximum Gasteiger partial charge on any atom is 0.261 e. The van der Waals surface area contributed by atoms with E-state index in [9.17, 15) is 13.2 Å². The van der Waals surface area contributed by atoms with Crippen LogP contribution in [0.5, 0.6) is 0 Å². The van der Waals surface area contributed by atoms with Crippen LogP contribution in [-0.4, -0.2) is 51.8 Å². The molecule has 6 nitrogen and oxygen atoms in total. The van der Waals surface area contributed by atoms with Crippen molar-refractivity contribution in [1.29, 1.82) is 0 Å². The first-order valence-electron chi connectivity index (χ1n) is 10.1. The number of amides is 1. The highest BCUT2D eigenvalue weighted by Gasteiger charge is 2.21. The van der Waals surface area contributed by atoms with Crippen LogP contribution in [0.25, 0.3) is 11.1 Å². The number of benzene rings is 2. The lowest BCUT2D eigenvalue weighted by Crippen LogP contribution is -2.41. The number of rotatable bonds is 7. The summed E-state index contributed by atoms with van der Waals surface area (Å²) in [5.41, 5.74) is 3.11. The SMILES string of the molecule is CSc1ccc(-c2ccc(S(=O)(=O)Nc3cscc3CC(=O)N3CCOCC3)cc2)cc1. The number of nitrogens with one attached hydrogen (secondary N) is 1. The highest BCUT2D eigenvalue weighted by atomic mass is 32.2. The number of nitrogens with zero attached hydrogens (tertiary/aromatic N) is 1. The van der Waals surface area contributed by atoms with Crippen molar-refractivity contribution in [2.24, 2.45) is 0 Å². The van der Waals surface area contributed by atoms with Crippen molar-refractivity contribution in [2.75, 3.05) is 37.3 Å². The highest BCUT2D eigenvalue weighted by molar-refractivity contribution is 7.98. The molecule has 0 spiro atoms. The molecule has 32 heavy (non-hydrogen) atoms. The topological polar surface area (TPSA) is 75.7 Å². The molecule has 3 aromatic rings. The monoisotopic (exact) mass is 488 g/mol. The molecule has 4 rings (SSSR count). The first kappa shape index (κ1) is 22.8. The van der Waals surface area contributed by atoms with Gasteiger partial charge < -0.3 is 9.64 Å². The van der Waals surface area contributed by atoms with Crippen molar-refractivity contribution >= 4 is 44.7 Å². The number of hydrogen-bond acceptors (Lipinski definition) is 6. The van der Waals surface area contributed by atoms with E-state index in [0.717, 1.165) is 11.1 Å². The van der Waals surface area contributed by atoms with Crippen molar-refractivity contribution in [3.63, 3.8) is 0 Å². The molecule has 1 aliphatic heterocycles. The summed E-state index contributed by atoms with van der Waals surface area (Å²) in [7, 11) is -3.77. The molecule has 1 saturated heterocycles. The van der Waals surface area contributed by atoms with Gasteiger partial charge in [0.25, 0.3) is 10.0 Å². The lowest BCUT2D eigenvalue weighted by Gasteiger charge is -2.26. The Kier molecular flexibility index (Phi) is 7.20. The fraction of sp³-hybridized carbons (Fsp3) is 0.261. The number of sulfonamides is 1. The molecule has 0 radical (unpaired) electrons. The predicted octanol–water partition coefficient (Wildman–Crippen LogP) is 4.34. The number of thioether (sulfide) groups is 1. The normalized spacial score (nSPS) is 14.3. The number of thiophene rings is 1. The standard InChI is InChI=1S/C23H24N2O4S3/c1-30-20-6-2-17(3-7-20)18-4-8-21(9-5-18)32(27,28)24-22-16-31-15-19(22)14-23(26)25-10-12-29-13-11-25/h2-9,15-16,24H,10-14H2,1H3.